The minimum Gasteiger partial charge on any atom is -0.316 e. The SMILES string of the molecule is CCCNCC1CC1(c1cccs1)C1CC1. The van der Waals surface area contributed by atoms with Gasteiger partial charge in [-0.3, -0.25) is 0 Å². The summed E-state index contributed by atoms with van der Waals surface area (Å²) in [6.45, 7) is 4.66. The Morgan fingerprint density at radius 3 is 3.00 bits per heavy atom. The Morgan fingerprint density at radius 2 is 2.38 bits per heavy atom. The molecule has 0 radical (unpaired) electrons. The first-order valence-corrected chi connectivity index (χ1v) is 7.50. The van der Waals surface area contributed by atoms with Gasteiger partial charge in [-0.25, -0.2) is 0 Å². The molecule has 2 unspecified atom stereocenters. The van der Waals surface area contributed by atoms with Crippen molar-refractivity contribution < 1.29 is 0 Å². The second-order valence-electron chi connectivity index (χ2n) is 5.40. The van der Waals surface area contributed by atoms with Gasteiger partial charge in [-0.2, -0.15) is 0 Å². The lowest BCUT2D eigenvalue weighted by Crippen LogP contribution is -2.22. The molecule has 2 atom stereocenters. The molecular weight excluding hydrogens is 214 g/mol. The van der Waals surface area contributed by atoms with E-state index in [0.29, 0.717) is 5.41 Å². The summed E-state index contributed by atoms with van der Waals surface area (Å²) in [5.41, 5.74) is 0.606. The monoisotopic (exact) mass is 235 g/mol. The van der Waals surface area contributed by atoms with Crippen LogP contribution < -0.4 is 5.32 Å². The Labute approximate surface area is 102 Å². The molecule has 1 nitrogen and oxygen atoms in total. The summed E-state index contributed by atoms with van der Waals surface area (Å²) in [4.78, 5) is 1.67. The van der Waals surface area contributed by atoms with Gasteiger partial charge >= 0.3 is 0 Å². The first-order chi connectivity index (χ1) is 7.88. The van der Waals surface area contributed by atoms with Crippen LogP contribution in [0, 0.1) is 11.8 Å². The van der Waals surface area contributed by atoms with E-state index in [2.05, 4.69) is 29.8 Å². The predicted octanol–water partition coefficient (Wildman–Crippen LogP) is 3.42. The Bertz CT molecular complexity index is 342. The fourth-order valence-electron chi connectivity index (χ4n) is 3.20. The highest BCUT2D eigenvalue weighted by Gasteiger charge is 2.62. The van der Waals surface area contributed by atoms with Crippen LogP contribution in [-0.2, 0) is 5.41 Å². The van der Waals surface area contributed by atoms with Crippen LogP contribution in [0.25, 0.3) is 0 Å². The first-order valence-electron chi connectivity index (χ1n) is 6.62. The van der Waals surface area contributed by atoms with Gasteiger partial charge in [0, 0.05) is 10.3 Å². The fourth-order valence-corrected chi connectivity index (χ4v) is 4.30. The largest absolute Gasteiger partial charge is 0.316 e. The molecule has 0 bridgehead atoms. The lowest BCUT2D eigenvalue weighted by molar-refractivity contribution is 0.510. The number of hydrogen-bond acceptors (Lipinski definition) is 2. The van der Waals surface area contributed by atoms with Crippen molar-refractivity contribution >= 4 is 11.3 Å². The van der Waals surface area contributed by atoms with Crippen LogP contribution in [0.15, 0.2) is 17.5 Å². The summed E-state index contributed by atoms with van der Waals surface area (Å²) in [6, 6.07) is 4.59. The topological polar surface area (TPSA) is 12.0 Å². The first kappa shape index (κ1) is 10.8. The normalized spacial score (nSPS) is 32.9. The molecule has 0 amide bonds. The molecule has 2 aliphatic carbocycles. The van der Waals surface area contributed by atoms with E-state index in [9.17, 15) is 0 Å². The van der Waals surface area contributed by atoms with Crippen LogP contribution >= 0.6 is 11.3 Å². The van der Waals surface area contributed by atoms with E-state index in [4.69, 9.17) is 0 Å². The van der Waals surface area contributed by atoms with Crippen molar-refractivity contribution in [2.75, 3.05) is 13.1 Å². The van der Waals surface area contributed by atoms with Crippen molar-refractivity contribution in [2.24, 2.45) is 11.8 Å². The summed E-state index contributed by atoms with van der Waals surface area (Å²) in [6.07, 6.45) is 5.64. The second kappa shape index (κ2) is 4.15. The molecule has 2 heteroatoms. The molecule has 0 aliphatic heterocycles. The molecule has 0 spiro atoms. The van der Waals surface area contributed by atoms with E-state index in [1.807, 2.05) is 11.3 Å². The average molecular weight is 235 g/mol. The third-order valence-electron chi connectivity index (χ3n) is 4.26. The maximum atomic E-state index is 3.60. The van der Waals surface area contributed by atoms with E-state index in [1.54, 1.807) is 4.88 Å². The number of hydrogen-bond donors (Lipinski definition) is 1. The third kappa shape index (κ3) is 1.72. The van der Waals surface area contributed by atoms with Gasteiger partial charge in [0.2, 0.25) is 0 Å². The van der Waals surface area contributed by atoms with Crippen molar-refractivity contribution in [3.05, 3.63) is 22.4 Å². The predicted molar refractivity (Wildman–Crippen MR) is 70.0 cm³/mol. The van der Waals surface area contributed by atoms with Crippen LogP contribution in [0.2, 0.25) is 0 Å². The maximum Gasteiger partial charge on any atom is 0.0119 e. The Morgan fingerprint density at radius 1 is 1.50 bits per heavy atom. The molecule has 2 saturated carbocycles. The quantitative estimate of drug-likeness (QED) is 0.745. The summed E-state index contributed by atoms with van der Waals surface area (Å²) in [7, 11) is 0. The van der Waals surface area contributed by atoms with Gasteiger partial charge in [0.1, 0.15) is 0 Å². The molecule has 2 aliphatic rings. The molecule has 1 heterocycles. The molecule has 1 aromatic heterocycles. The van der Waals surface area contributed by atoms with Crippen molar-refractivity contribution in [1.82, 2.24) is 5.32 Å². The lowest BCUT2D eigenvalue weighted by atomic mass is 9.95. The highest BCUT2D eigenvalue weighted by molar-refractivity contribution is 7.10. The lowest BCUT2D eigenvalue weighted by Gasteiger charge is -2.15. The van der Waals surface area contributed by atoms with Crippen LogP contribution in [0.5, 0.6) is 0 Å². The minimum atomic E-state index is 0.606. The maximum absolute atomic E-state index is 3.60. The van der Waals surface area contributed by atoms with E-state index < -0.39 is 0 Å². The minimum absolute atomic E-state index is 0.606. The van der Waals surface area contributed by atoms with Crippen LogP contribution in [0.3, 0.4) is 0 Å². The Balaban J connectivity index is 1.66. The van der Waals surface area contributed by atoms with Crippen LogP contribution in [-0.4, -0.2) is 13.1 Å². The number of thiophene rings is 1. The highest BCUT2D eigenvalue weighted by Crippen LogP contribution is 2.66. The Hall–Kier alpha value is -0.340. The highest BCUT2D eigenvalue weighted by atomic mass is 32.1. The molecule has 0 saturated heterocycles. The molecule has 88 valence electrons. The zero-order valence-corrected chi connectivity index (χ0v) is 10.9. The summed E-state index contributed by atoms with van der Waals surface area (Å²) in [5.74, 6) is 1.93. The van der Waals surface area contributed by atoms with Crippen LogP contribution in [0.4, 0.5) is 0 Å². The molecular formula is C14H21NS. The smallest absolute Gasteiger partial charge is 0.0119 e. The van der Waals surface area contributed by atoms with Gasteiger partial charge in [-0.1, -0.05) is 13.0 Å². The van der Waals surface area contributed by atoms with Crippen molar-refractivity contribution in [3.63, 3.8) is 0 Å². The van der Waals surface area contributed by atoms with Gasteiger partial charge in [0.05, 0.1) is 0 Å². The van der Waals surface area contributed by atoms with E-state index >= 15 is 0 Å². The Kier molecular flexibility index (Phi) is 2.80. The van der Waals surface area contributed by atoms with Gasteiger partial charge in [0.15, 0.2) is 0 Å². The standard InChI is InChI=1S/C14H21NS/c1-2-7-15-10-12-9-14(12,11-5-6-11)13-4-3-8-16-13/h3-4,8,11-12,15H,2,5-7,9-10H2,1H3. The number of rotatable bonds is 6. The molecule has 1 aromatic rings. The van der Waals surface area contributed by atoms with Crippen molar-refractivity contribution in [1.29, 1.82) is 0 Å². The summed E-state index contributed by atoms with van der Waals surface area (Å²) < 4.78 is 0. The number of nitrogens with one attached hydrogen (secondary N) is 1. The average Bonchev–Trinajstić information content (AvgIpc) is 3.18. The summed E-state index contributed by atoms with van der Waals surface area (Å²) >= 11 is 1.98. The van der Waals surface area contributed by atoms with Crippen molar-refractivity contribution in [2.45, 2.75) is 38.0 Å². The molecule has 2 fully saturated rings. The van der Waals surface area contributed by atoms with Crippen LogP contribution in [0.1, 0.15) is 37.5 Å². The zero-order valence-electron chi connectivity index (χ0n) is 10.0. The van der Waals surface area contributed by atoms with Crippen molar-refractivity contribution in [3.8, 4) is 0 Å². The van der Waals surface area contributed by atoms with Gasteiger partial charge in [-0.15, -0.1) is 11.3 Å². The third-order valence-corrected chi connectivity index (χ3v) is 5.32. The molecule has 0 aromatic carbocycles. The van der Waals surface area contributed by atoms with E-state index in [-0.39, 0.29) is 0 Å². The second-order valence-corrected chi connectivity index (χ2v) is 6.34. The van der Waals surface area contributed by atoms with Gasteiger partial charge < -0.3 is 5.32 Å². The zero-order chi connectivity index (χ0) is 11.0. The fraction of sp³-hybridized carbons (Fsp3) is 0.714. The molecule has 1 N–H and O–H groups in total. The van der Waals surface area contributed by atoms with E-state index in [0.717, 1.165) is 11.8 Å². The van der Waals surface area contributed by atoms with Gasteiger partial charge in [-0.05, 0) is 62.1 Å². The molecule has 3 rings (SSSR count). The van der Waals surface area contributed by atoms with Gasteiger partial charge in [0.25, 0.3) is 0 Å². The summed E-state index contributed by atoms with van der Waals surface area (Å²) in [5, 5.41) is 5.85. The van der Waals surface area contributed by atoms with E-state index in [1.165, 1.54) is 38.8 Å². The molecule has 16 heavy (non-hydrogen) atoms.